The van der Waals surface area contributed by atoms with Crippen LogP contribution in [0.25, 0.3) is 0 Å². The van der Waals surface area contributed by atoms with Crippen LogP contribution in [0.1, 0.15) is 23.3 Å². The van der Waals surface area contributed by atoms with Gasteiger partial charge in [0.05, 0.1) is 11.4 Å². The van der Waals surface area contributed by atoms with Crippen molar-refractivity contribution in [2.75, 3.05) is 0 Å². The molecule has 0 saturated heterocycles. The largest absolute Gasteiger partial charge is 0.253 e. The molecule has 8 heteroatoms. The van der Waals surface area contributed by atoms with Crippen LogP contribution in [0.4, 0.5) is 0 Å². The van der Waals surface area contributed by atoms with Gasteiger partial charge in [0.1, 0.15) is 10.8 Å². The standard InChI is InChI=1S/C10H14N4O2S2/c1-3-14-4-9(12-13-14)6-18(15,16)7-10-11-8(2)5-17-10/h4-5H,3,6-7H2,1-2H3. The molecule has 0 aliphatic carbocycles. The van der Waals surface area contributed by atoms with Crippen LogP contribution in [-0.4, -0.2) is 28.4 Å². The quantitative estimate of drug-likeness (QED) is 0.824. The normalized spacial score (nSPS) is 11.9. The zero-order chi connectivity index (χ0) is 13.2. The molecule has 2 rings (SSSR count). The third-order valence-electron chi connectivity index (χ3n) is 2.29. The summed E-state index contributed by atoms with van der Waals surface area (Å²) in [7, 11) is -3.24. The number of aromatic nitrogens is 4. The third kappa shape index (κ3) is 3.36. The highest BCUT2D eigenvalue weighted by atomic mass is 32.2. The van der Waals surface area contributed by atoms with Crippen molar-refractivity contribution in [2.45, 2.75) is 31.9 Å². The Bertz CT molecular complexity index is 630. The Labute approximate surface area is 110 Å². The molecule has 6 nitrogen and oxygen atoms in total. The van der Waals surface area contributed by atoms with Gasteiger partial charge in [-0.05, 0) is 13.8 Å². The van der Waals surface area contributed by atoms with Crippen LogP contribution in [0, 0.1) is 6.92 Å². The lowest BCUT2D eigenvalue weighted by Crippen LogP contribution is -2.08. The number of rotatable bonds is 5. The summed E-state index contributed by atoms with van der Waals surface area (Å²) < 4.78 is 25.5. The van der Waals surface area contributed by atoms with E-state index in [0.29, 0.717) is 17.2 Å². The second-order valence-corrected chi connectivity index (χ2v) is 6.99. The molecule has 0 aromatic carbocycles. The Morgan fingerprint density at radius 1 is 1.39 bits per heavy atom. The van der Waals surface area contributed by atoms with Crippen LogP contribution < -0.4 is 0 Å². The molecule has 0 unspecified atom stereocenters. The average molecular weight is 286 g/mol. The Hall–Kier alpha value is -1.28. The second kappa shape index (κ2) is 5.15. The van der Waals surface area contributed by atoms with E-state index in [1.54, 1.807) is 10.9 Å². The SMILES string of the molecule is CCn1cc(CS(=O)(=O)Cc2nc(C)cs2)nn1. The first-order chi connectivity index (χ1) is 8.48. The molecule has 2 heterocycles. The van der Waals surface area contributed by atoms with Gasteiger partial charge in [0.25, 0.3) is 0 Å². The van der Waals surface area contributed by atoms with Crippen LogP contribution in [0.3, 0.4) is 0 Å². The molecule has 0 N–H and O–H groups in total. The number of hydrogen-bond donors (Lipinski definition) is 0. The summed E-state index contributed by atoms with van der Waals surface area (Å²) in [6, 6.07) is 0. The number of nitrogens with zero attached hydrogens (tertiary/aromatic N) is 4. The average Bonchev–Trinajstić information content (AvgIpc) is 2.86. The molecule has 0 atom stereocenters. The van der Waals surface area contributed by atoms with E-state index in [1.165, 1.54) is 11.3 Å². The molecule has 0 aliphatic heterocycles. The molecule has 0 bridgehead atoms. The summed E-state index contributed by atoms with van der Waals surface area (Å²) in [5.74, 6) is -0.129. The third-order valence-corrected chi connectivity index (χ3v) is 4.89. The summed E-state index contributed by atoms with van der Waals surface area (Å²) in [6.45, 7) is 4.45. The monoisotopic (exact) mass is 286 g/mol. The van der Waals surface area contributed by atoms with Gasteiger partial charge in [0.2, 0.25) is 0 Å². The van der Waals surface area contributed by atoms with Crippen LogP contribution in [0.15, 0.2) is 11.6 Å². The fourth-order valence-electron chi connectivity index (χ4n) is 1.49. The second-order valence-electron chi connectivity index (χ2n) is 3.98. The van der Waals surface area contributed by atoms with E-state index < -0.39 is 9.84 Å². The van der Waals surface area contributed by atoms with Gasteiger partial charge in [-0.2, -0.15) is 0 Å². The Balaban J connectivity index is 2.07. The molecule has 0 amide bonds. The molecule has 0 saturated carbocycles. The zero-order valence-electron chi connectivity index (χ0n) is 10.2. The van der Waals surface area contributed by atoms with E-state index in [9.17, 15) is 8.42 Å². The molecule has 0 aliphatic rings. The molecule has 0 spiro atoms. The fraction of sp³-hybridized carbons (Fsp3) is 0.500. The van der Waals surface area contributed by atoms with Crippen molar-refractivity contribution in [1.82, 2.24) is 20.0 Å². The molecule has 2 aromatic heterocycles. The predicted molar refractivity (Wildman–Crippen MR) is 68.9 cm³/mol. The lowest BCUT2D eigenvalue weighted by molar-refractivity contribution is 0.593. The molecule has 0 fully saturated rings. The van der Waals surface area contributed by atoms with E-state index in [1.807, 2.05) is 19.2 Å². The Kier molecular flexibility index (Phi) is 3.76. The van der Waals surface area contributed by atoms with E-state index >= 15 is 0 Å². The first kappa shape index (κ1) is 13.2. The topological polar surface area (TPSA) is 77.7 Å². The van der Waals surface area contributed by atoms with Crippen LogP contribution >= 0.6 is 11.3 Å². The van der Waals surface area contributed by atoms with Crippen LogP contribution in [0.5, 0.6) is 0 Å². The molecule has 18 heavy (non-hydrogen) atoms. The van der Waals surface area contributed by atoms with Gasteiger partial charge < -0.3 is 0 Å². The summed E-state index contributed by atoms with van der Waals surface area (Å²) in [4.78, 5) is 4.16. The van der Waals surface area contributed by atoms with Crippen molar-refractivity contribution in [3.8, 4) is 0 Å². The maximum Gasteiger partial charge on any atom is 0.162 e. The highest BCUT2D eigenvalue weighted by Crippen LogP contribution is 2.15. The Morgan fingerprint density at radius 3 is 2.72 bits per heavy atom. The maximum absolute atomic E-state index is 12.0. The predicted octanol–water partition coefficient (Wildman–Crippen LogP) is 1.18. The van der Waals surface area contributed by atoms with E-state index in [0.717, 1.165) is 5.69 Å². The summed E-state index contributed by atoms with van der Waals surface area (Å²) in [5.41, 5.74) is 1.33. The van der Waals surface area contributed by atoms with Gasteiger partial charge in [0.15, 0.2) is 9.84 Å². The molecule has 0 radical (unpaired) electrons. The van der Waals surface area contributed by atoms with Crippen molar-refractivity contribution in [3.05, 3.63) is 28.0 Å². The van der Waals surface area contributed by atoms with E-state index in [2.05, 4.69) is 15.3 Å². The lowest BCUT2D eigenvalue weighted by Gasteiger charge is -1.98. The summed E-state index contributed by atoms with van der Waals surface area (Å²) in [6.07, 6.45) is 1.66. The molecule has 98 valence electrons. The summed E-state index contributed by atoms with van der Waals surface area (Å²) >= 11 is 1.37. The van der Waals surface area contributed by atoms with E-state index in [-0.39, 0.29) is 11.5 Å². The zero-order valence-corrected chi connectivity index (χ0v) is 11.8. The van der Waals surface area contributed by atoms with Crippen molar-refractivity contribution in [3.63, 3.8) is 0 Å². The van der Waals surface area contributed by atoms with Crippen LogP contribution in [0.2, 0.25) is 0 Å². The Morgan fingerprint density at radius 2 is 2.17 bits per heavy atom. The van der Waals surface area contributed by atoms with Gasteiger partial charge in [-0.3, -0.25) is 4.68 Å². The number of hydrogen-bond acceptors (Lipinski definition) is 6. The minimum Gasteiger partial charge on any atom is -0.253 e. The van der Waals surface area contributed by atoms with Crippen LogP contribution in [-0.2, 0) is 27.9 Å². The maximum atomic E-state index is 12.0. The molecular weight excluding hydrogens is 272 g/mol. The van der Waals surface area contributed by atoms with Gasteiger partial charge in [-0.15, -0.1) is 16.4 Å². The molecule has 2 aromatic rings. The van der Waals surface area contributed by atoms with Crippen molar-refractivity contribution in [2.24, 2.45) is 0 Å². The van der Waals surface area contributed by atoms with Gasteiger partial charge >= 0.3 is 0 Å². The minimum absolute atomic E-state index is 0.0372. The number of thiazole rings is 1. The van der Waals surface area contributed by atoms with Gasteiger partial charge in [-0.1, -0.05) is 5.21 Å². The smallest absolute Gasteiger partial charge is 0.162 e. The highest BCUT2D eigenvalue weighted by molar-refractivity contribution is 7.89. The lowest BCUT2D eigenvalue weighted by atomic mass is 10.5. The first-order valence-electron chi connectivity index (χ1n) is 5.49. The summed E-state index contributed by atoms with van der Waals surface area (Å²) in [5, 5.41) is 10.1. The molecular formula is C10H14N4O2S2. The number of sulfone groups is 1. The van der Waals surface area contributed by atoms with Gasteiger partial charge in [0, 0.05) is 23.8 Å². The van der Waals surface area contributed by atoms with E-state index in [4.69, 9.17) is 0 Å². The highest BCUT2D eigenvalue weighted by Gasteiger charge is 2.17. The first-order valence-corrected chi connectivity index (χ1v) is 8.19. The minimum atomic E-state index is -3.24. The van der Waals surface area contributed by atoms with Crippen molar-refractivity contribution < 1.29 is 8.42 Å². The van der Waals surface area contributed by atoms with Gasteiger partial charge in [-0.25, -0.2) is 13.4 Å². The fourth-order valence-corrected chi connectivity index (χ4v) is 3.99. The van der Waals surface area contributed by atoms with Crippen molar-refractivity contribution >= 4 is 21.2 Å². The number of aryl methyl sites for hydroxylation is 2. The van der Waals surface area contributed by atoms with Crippen molar-refractivity contribution in [1.29, 1.82) is 0 Å².